The third-order valence-electron chi connectivity index (χ3n) is 2.02. The molecule has 0 spiro atoms. The maximum atomic E-state index is 11.4. The number of aromatic nitrogens is 2. The molecule has 0 saturated heterocycles. The smallest absolute Gasteiger partial charge is 0.234 e. The lowest BCUT2D eigenvalue weighted by molar-refractivity contribution is -0.118. The molecule has 1 aromatic rings. The zero-order chi connectivity index (χ0) is 13.5. The molecule has 0 aliphatic carbocycles. The van der Waals surface area contributed by atoms with Crippen molar-refractivity contribution in [2.24, 2.45) is 5.92 Å². The molecule has 1 heterocycles. The molecule has 1 atom stereocenters. The number of rotatable bonds is 6. The molecule has 0 aliphatic heterocycles. The van der Waals surface area contributed by atoms with Gasteiger partial charge in [0.2, 0.25) is 11.8 Å². The van der Waals surface area contributed by atoms with Crippen LogP contribution in [0.5, 0.6) is 5.88 Å². The van der Waals surface area contributed by atoms with E-state index in [4.69, 9.17) is 14.9 Å². The van der Waals surface area contributed by atoms with Crippen LogP contribution in [0.15, 0.2) is 12.4 Å². The Kier molecular flexibility index (Phi) is 5.47. The van der Waals surface area contributed by atoms with Crippen LogP contribution in [-0.2, 0) is 4.79 Å². The van der Waals surface area contributed by atoms with Crippen molar-refractivity contribution in [3.63, 3.8) is 0 Å². The number of hydrogen-bond acceptors (Lipinski definition) is 6. The molecular formula is C11H17N3O4. The Balaban J connectivity index is 2.59. The first kappa shape index (κ1) is 14.3. The fraction of sp³-hybridized carbons (Fsp3) is 0.545. The first-order valence-corrected chi connectivity index (χ1v) is 5.57. The van der Waals surface area contributed by atoms with Crippen molar-refractivity contribution >= 4 is 11.7 Å². The molecule has 0 aromatic carbocycles. The van der Waals surface area contributed by atoms with Gasteiger partial charge < -0.3 is 20.3 Å². The highest BCUT2D eigenvalue weighted by Gasteiger charge is 2.09. The van der Waals surface area contributed by atoms with Crippen LogP contribution in [0.1, 0.15) is 13.8 Å². The molecular weight excluding hydrogens is 238 g/mol. The van der Waals surface area contributed by atoms with Crippen molar-refractivity contribution in [3.05, 3.63) is 12.4 Å². The van der Waals surface area contributed by atoms with E-state index in [2.05, 4.69) is 15.3 Å². The van der Waals surface area contributed by atoms with Crippen molar-refractivity contribution in [3.8, 4) is 5.88 Å². The molecule has 0 bridgehead atoms. The van der Waals surface area contributed by atoms with Crippen molar-refractivity contribution in [1.82, 2.24) is 9.97 Å². The highest BCUT2D eigenvalue weighted by molar-refractivity contribution is 5.90. The van der Waals surface area contributed by atoms with Gasteiger partial charge in [0.05, 0.1) is 19.0 Å². The summed E-state index contributed by atoms with van der Waals surface area (Å²) in [6.45, 7) is 3.05. The van der Waals surface area contributed by atoms with E-state index < -0.39 is 12.7 Å². The van der Waals surface area contributed by atoms with Crippen LogP contribution in [0.2, 0.25) is 0 Å². The average molecular weight is 255 g/mol. The van der Waals surface area contributed by atoms with Crippen molar-refractivity contribution in [1.29, 1.82) is 0 Å². The largest absolute Gasteiger partial charge is 0.474 e. The summed E-state index contributed by atoms with van der Waals surface area (Å²) in [4.78, 5) is 19.3. The molecule has 0 saturated carbocycles. The van der Waals surface area contributed by atoms with Gasteiger partial charge in [-0.15, -0.1) is 0 Å². The number of aliphatic hydroxyl groups excluding tert-OH is 2. The normalized spacial score (nSPS) is 12.3. The number of aliphatic hydroxyl groups is 2. The highest BCUT2D eigenvalue weighted by Crippen LogP contribution is 2.10. The number of carbonyl (C=O) groups is 1. The quantitative estimate of drug-likeness (QED) is 0.650. The number of nitrogens with zero attached hydrogens (tertiary/aromatic N) is 2. The van der Waals surface area contributed by atoms with E-state index in [9.17, 15) is 4.79 Å². The van der Waals surface area contributed by atoms with Gasteiger partial charge in [0, 0.05) is 5.92 Å². The van der Waals surface area contributed by atoms with Crippen LogP contribution in [0.3, 0.4) is 0 Å². The molecule has 0 radical (unpaired) electrons. The van der Waals surface area contributed by atoms with Crippen LogP contribution in [0.25, 0.3) is 0 Å². The highest BCUT2D eigenvalue weighted by atomic mass is 16.5. The van der Waals surface area contributed by atoms with Crippen LogP contribution < -0.4 is 10.1 Å². The minimum absolute atomic E-state index is 0.0905. The summed E-state index contributed by atoms with van der Waals surface area (Å²) in [6, 6.07) is 0. The third-order valence-corrected chi connectivity index (χ3v) is 2.02. The number of ether oxygens (including phenoxy) is 1. The summed E-state index contributed by atoms with van der Waals surface area (Å²) in [5.41, 5.74) is 0. The lowest BCUT2D eigenvalue weighted by atomic mass is 10.2. The number of anilines is 1. The van der Waals surface area contributed by atoms with E-state index in [0.717, 1.165) is 0 Å². The molecule has 1 rings (SSSR count). The fourth-order valence-corrected chi connectivity index (χ4v) is 0.983. The Morgan fingerprint density at radius 2 is 2.22 bits per heavy atom. The van der Waals surface area contributed by atoms with Crippen molar-refractivity contribution in [2.45, 2.75) is 20.0 Å². The summed E-state index contributed by atoms with van der Waals surface area (Å²) in [6.07, 6.45) is 1.78. The number of amides is 1. The second kappa shape index (κ2) is 6.87. The van der Waals surface area contributed by atoms with Crippen LogP contribution >= 0.6 is 0 Å². The maximum absolute atomic E-state index is 11.4. The summed E-state index contributed by atoms with van der Waals surface area (Å²) in [7, 11) is 0. The molecule has 7 heteroatoms. The van der Waals surface area contributed by atoms with E-state index in [1.54, 1.807) is 13.8 Å². The van der Waals surface area contributed by atoms with E-state index in [0.29, 0.717) is 0 Å². The van der Waals surface area contributed by atoms with Gasteiger partial charge in [-0.2, -0.15) is 4.98 Å². The third kappa shape index (κ3) is 4.64. The predicted molar refractivity (Wildman–Crippen MR) is 64.1 cm³/mol. The molecule has 18 heavy (non-hydrogen) atoms. The minimum Gasteiger partial charge on any atom is -0.474 e. The second-order valence-corrected chi connectivity index (χ2v) is 4.03. The predicted octanol–water partition coefficient (Wildman–Crippen LogP) is -0.197. The van der Waals surface area contributed by atoms with Crippen molar-refractivity contribution in [2.75, 3.05) is 18.5 Å². The van der Waals surface area contributed by atoms with E-state index >= 15 is 0 Å². The molecule has 0 unspecified atom stereocenters. The Morgan fingerprint density at radius 1 is 1.50 bits per heavy atom. The minimum atomic E-state index is -0.972. The molecule has 0 fully saturated rings. The first-order valence-electron chi connectivity index (χ1n) is 5.57. The zero-order valence-corrected chi connectivity index (χ0v) is 10.3. The first-order chi connectivity index (χ1) is 8.52. The van der Waals surface area contributed by atoms with E-state index in [1.807, 2.05) is 0 Å². The second-order valence-electron chi connectivity index (χ2n) is 4.03. The van der Waals surface area contributed by atoms with Crippen molar-refractivity contribution < 1.29 is 19.7 Å². The Labute approximate surface area is 105 Å². The van der Waals surface area contributed by atoms with E-state index in [-0.39, 0.29) is 30.1 Å². The standard InChI is InChI=1S/C11H17N3O4/c1-7(2)11(17)14-9-3-12-4-10(13-9)18-6-8(16)5-15/h3-4,7-8,15-16H,5-6H2,1-2H3,(H,13,14,17)/t8-/m1/s1. The maximum Gasteiger partial charge on any atom is 0.234 e. The zero-order valence-electron chi connectivity index (χ0n) is 10.3. The molecule has 3 N–H and O–H groups in total. The van der Waals surface area contributed by atoms with Crippen LogP contribution in [0.4, 0.5) is 5.82 Å². The Morgan fingerprint density at radius 3 is 2.83 bits per heavy atom. The topological polar surface area (TPSA) is 105 Å². The lowest BCUT2D eigenvalue weighted by Gasteiger charge is -2.10. The SMILES string of the molecule is CC(C)C(=O)Nc1cncc(OC[C@H](O)CO)n1. The van der Waals surface area contributed by atoms with Crippen LogP contribution in [0, 0.1) is 5.92 Å². The molecule has 7 nitrogen and oxygen atoms in total. The fourth-order valence-electron chi connectivity index (χ4n) is 0.983. The number of carbonyl (C=O) groups excluding carboxylic acids is 1. The van der Waals surface area contributed by atoms with Crippen LogP contribution in [-0.4, -0.2) is 45.4 Å². The van der Waals surface area contributed by atoms with Gasteiger partial charge in [0.15, 0.2) is 5.82 Å². The van der Waals surface area contributed by atoms with Gasteiger partial charge >= 0.3 is 0 Å². The molecule has 100 valence electrons. The summed E-state index contributed by atoms with van der Waals surface area (Å²) < 4.78 is 5.11. The number of hydrogen-bond donors (Lipinski definition) is 3. The van der Waals surface area contributed by atoms with Gasteiger partial charge in [-0.1, -0.05) is 13.8 Å². The van der Waals surface area contributed by atoms with Gasteiger partial charge in [-0.05, 0) is 0 Å². The summed E-state index contributed by atoms with van der Waals surface area (Å²) in [5, 5.41) is 20.3. The summed E-state index contributed by atoms with van der Waals surface area (Å²) in [5.74, 6) is 0.123. The molecule has 0 aliphatic rings. The van der Waals surface area contributed by atoms with E-state index in [1.165, 1.54) is 12.4 Å². The Bertz CT molecular complexity index is 398. The average Bonchev–Trinajstić information content (AvgIpc) is 2.36. The number of nitrogens with one attached hydrogen (secondary N) is 1. The molecule has 1 aromatic heterocycles. The van der Waals surface area contributed by atoms with Gasteiger partial charge in [-0.25, -0.2) is 0 Å². The molecule has 1 amide bonds. The van der Waals surface area contributed by atoms with Gasteiger partial charge in [0.25, 0.3) is 0 Å². The Hall–Kier alpha value is -1.73. The van der Waals surface area contributed by atoms with Gasteiger partial charge in [0.1, 0.15) is 12.7 Å². The van der Waals surface area contributed by atoms with Gasteiger partial charge in [-0.3, -0.25) is 9.78 Å². The monoisotopic (exact) mass is 255 g/mol. The lowest BCUT2D eigenvalue weighted by Crippen LogP contribution is -2.22. The summed E-state index contributed by atoms with van der Waals surface area (Å²) >= 11 is 0.